The van der Waals surface area contributed by atoms with Crippen molar-refractivity contribution in [1.82, 2.24) is 19.9 Å². The molecule has 5 nitrogen and oxygen atoms in total. The Morgan fingerprint density at radius 1 is 0.897 bits per heavy atom. The summed E-state index contributed by atoms with van der Waals surface area (Å²) in [6, 6.07) is 24.1. The lowest BCUT2D eigenvalue weighted by atomic mass is 10.1. The molecule has 0 bridgehead atoms. The summed E-state index contributed by atoms with van der Waals surface area (Å²) in [5.41, 5.74) is 3.95. The molecule has 0 spiro atoms. The molecule has 29 heavy (non-hydrogen) atoms. The van der Waals surface area contributed by atoms with Crippen molar-refractivity contribution >= 4 is 16.9 Å². The predicted molar refractivity (Wildman–Crippen MR) is 115 cm³/mol. The Kier molecular flexibility index (Phi) is 5.95. The van der Waals surface area contributed by atoms with Crippen molar-refractivity contribution in [3.63, 3.8) is 0 Å². The first-order chi connectivity index (χ1) is 14.3. The number of hydrogen-bond donors (Lipinski definition) is 1. The van der Waals surface area contributed by atoms with Crippen LogP contribution >= 0.6 is 0 Å². The van der Waals surface area contributed by atoms with Crippen molar-refractivity contribution in [3.05, 3.63) is 96.1 Å². The van der Waals surface area contributed by atoms with Crippen LogP contribution in [-0.4, -0.2) is 27.0 Å². The minimum atomic E-state index is -0.136. The third kappa shape index (κ3) is 4.69. The number of nitrogens with zero attached hydrogens (tertiary/aromatic N) is 3. The van der Waals surface area contributed by atoms with Gasteiger partial charge in [-0.2, -0.15) is 0 Å². The van der Waals surface area contributed by atoms with E-state index in [-0.39, 0.29) is 5.91 Å². The van der Waals surface area contributed by atoms with Crippen molar-refractivity contribution < 1.29 is 4.79 Å². The highest BCUT2D eigenvalue weighted by molar-refractivity contribution is 5.92. The first-order valence-corrected chi connectivity index (χ1v) is 9.98. The number of carbonyl (C=O) groups is 1. The van der Waals surface area contributed by atoms with Gasteiger partial charge in [-0.1, -0.05) is 48.5 Å². The lowest BCUT2D eigenvalue weighted by molar-refractivity contribution is 0.0948. The van der Waals surface area contributed by atoms with Gasteiger partial charge in [0.25, 0.3) is 5.91 Å². The van der Waals surface area contributed by atoms with E-state index >= 15 is 0 Å². The van der Waals surface area contributed by atoms with E-state index in [1.165, 1.54) is 5.56 Å². The number of nitrogens with one attached hydrogen (secondary N) is 1. The molecular formula is C24H24N4O. The first-order valence-electron chi connectivity index (χ1n) is 9.98. The smallest absolute Gasteiger partial charge is 0.269 e. The Labute approximate surface area is 170 Å². The number of imidazole rings is 1. The van der Waals surface area contributed by atoms with Gasteiger partial charge in [-0.25, -0.2) is 4.98 Å². The van der Waals surface area contributed by atoms with Gasteiger partial charge in [0.2, 0.25) is 0 Å². The predicted octanol–water partition coefficient (Wildman–Crippen LogP) is 4.04. The van der Waals surface area contributed by atoms with Crippen LogP contribution in [0.1, 0.15) is 28.3 Å². The molecule has 0 aliphatic rings. The number of pyridine rings is 1. The van der Waals surface area contributed by atoms with Gasteiger partial charge in [0.05, 0.1) is 11.0 Å². The molecule has 1 amide bonds. The molecule has 0 unspecified atom stereocenters. The van der Waals surface area contributed by atoms with E-state index in [0.717, 1.165) is 42.7 Å². The Balaban J connectivity index is 1.40. The van der Waals surface area contributed by atoms with Crippen molar-refractivity contribution in [1.29, 1.82) is 0 Å². The van der Waals surface area contributed by atoms with Crippen LogP contribution in [0.3, 0.4) is 0 Å². The highest BCUT2D eigenvalue weighted by atomic mass is 16.1. The normalized spacial score (nSPS) is 10.9. The lowest BCUT2D eigenvalue weighted by Crippen LogP contribution is -2.25. The Morgan fingerprint density at radius 2 is 1.69 bits per heavy atom. The van der Waals surface area contributed by atoms with Crippen molar-refractivity contribution in [2.45, 2.75) is 25.8 Å². The minimum Gasteiger partial charge on any atom is -0.351 e. The fourth-order valence-electron chi connectivity index (χ4n) is 3.49. The summed E-state index contributed by atoms with van der Waals surface area (Å²) < 4.78 is 2.31. The zero-order chi connectivity index (χ0) is 19.9. The van der Waals surface area contributed by atoms with Crippen LogP contribution in [0.4, 0.5) is 0 Å². The third-order valence-electron chi connectivity index (χ3n) is 4.96. The van der Waals surface area contributed by atoms with Crippen LogP contribution in [0.25, 0.3) is 11.0 Å². The lowest BCUT2D eigenvalue weighted by Gasteiger charge is -2.10. The summed E-state index contributed by atoms with van der Waals surface area (Å²) in [5.74, 6) is 0.928. The van der Waals surface area contributed by atoms with Crippen molar-refractivity contribution in [3.8, 4) is 0 Å². The van der Waals surface area contributed by atoms with Crippen molar-refractivity contribution in [2.24, 2.45) is 0 Å². The number of aryl methyl sites for hydroxylation is 3. The Bertz CT molecular complexity index is 1070. The summed E-state index contributed by atoms with van der Waals surface area (Å²) in [5, 5.41) is 2.94. The van der Waals surface area contributed by atoms with Crippen LogP contribution in [0.15, 0.2) is 79.0 Å². The molecule has 0 aliphatic carbocycles. The summed E-state index contributed by atoms with van der Waals surface area (Å²) in [7, 11) is 0. The molecule has 146 valence electrons. The van der Waals surface area contributed by atoms with E-state index in [4.69, 9.17) is 4.98 Å². The zero-order valence-corrected chi connectivity index (χ0v) is 16.3. The van der Waals surface area contributed by atoms with Crippen LogP contribution in [-0.2, 0) is 19.4 Å². The molecule has 2 aromatic heterocycles. The van der Waals surface area contributed by atoms with E-state index in [1.54, 1.807) is 18.3 Å². The maximum absolute atomic E-state index is 12.1. The highest BCUT2D eigenvalue weighted by Gasteiger charge is 2.11. The minimum absolute atomic E-state index is 0.136. The number of fused-ring (bicyclic) bond motifs is 1. The van der Waals surface area contributed by atoms with Crippen LogP contribution < -0.4 is 5.32 Å². The molecular weight excluding hydrogens is 360 g/mol. The Hall–Kier alpha value is -3.47. The van der Waals surface area contributed by atoms with Gasteiger partial charge in [0.1, 0.15) is 11.5 Å². The quantitative estimate of drug-likeness (QED) is 0.467. The van der Waals surface area contributed by atoms with Gasteiger partial charge in [-0.3, -0.25) is 9.78 Å². The maximum atomic E-state index is 12.1. The molecule has 2 aromatic carbocycles. The van der Waals surface area contributed by atoms with Gasteiger partial charge in [0.15, 0.2) is 0 Å². The van der Waals surface area contributed by atoms with Crippen LogP contribution in [0.2, 0.25) is 0 Å². The highest BCUT2D eigenvalue weighted by Crippen LogP contribution is 2.18. The molecule has 0 radical (unpaired) electrons. The van der Waals surface area contributed by atoms with Gasteiger partial charge < -0.3 is 9.88 Å². The number of hydrogen-bond acceptors (Lipinski definition) is 3. The number of rotatable bonds is 8. The van der Waals surface area contributed by atoms with E-state index in [1.807, 2.05) is 18.2 Å². The molecule has 5 heteroatoms. The molecule has 0 atom stereocenters. The average molecular weight is 384 g/mol. The monoisotopic (exact) mass is 384 g/mol. The number of amides is 1. The number of benzene rings is 2. The third-order valence-corrected chi connectivity index (χ3v) is 4.96. The summed E-state index contributed by atoms with van der Waals surface area (Å²) in [6.45, 7) is 1.48. The van der Waals surface area contributed by atoms with Crippen molar-refractivity contribution in [2.75, 3.05) is 6.54 Å². The van der Waals surface area contributed by atoms with E-state index in [2.05, 4.69) is 57.3 Å². The molecule has 4 aromatic rings. The molecule has 2 heterocycles. The largest absolute Gasteiger partial charge is 0.351 e. The van der Waals surface area contributed by atoms with E-state index in [9.17, 15) is 4.79 Å². The zero-order valence-electron chi connectivity index (χ0n) is 16.3. The summed E-state index contributed by atoms with van der Waals surface area (Å²) in [4.78, 5) is 21.0. The van der Waals surface area contributed by atoms with Gasteiger partial charge in [0, 0.05) is 25.7 Å². The second-order valence-electron chi connectivity index (χ2n) is 6.98. The standard InChI is InChI=1S/C24H24N4O/c29-24(21-12-6-7-16-25-21)26-17-8-14-23-27-20-11-4-5-13-22(20)28(23)18-15-19-9-2-1-3-10-19/h1-7,9-13,16H,8,14-15,17-18H2,(H,26,29). The Morgan fingerprint density at radius 3 is 2.52 bits per heavy atom. The SMILES string of the molecule is O=C(NCCCc1nc2ccccc2n1CCc1ccccc1)c1ccccn1. The van der Waals surface area contributed by atoms with Crippen LogP contribution in [0.5, 0.6) is 0 Å². The average Bonchev–Trinajstić information content (AvgIpc) is 3.14. The molecule has 0 aliphatic heterocycles. The van der Waals surface area contributed by atoms with E-state index < -0.39 is 0 Å². The van der Waals surface area contributed by atoms with E-state index in [0.29, 0.717) is 12.2 Å². The number of aromatic nitrogens is 3. The fraction of sp³-hybridized carbons (Fsp3) is 0.208. The van der Waals surface area contributed by atoms with Crippen LogP contribution in [0, 0.1) is 0 Å². The summed E-state index contributed by atoms with van der Waals surface area (Å²) in [6.07, 6.45) is 4.23. The molecule has 0 saturated heterocycles. The molecule has 0 saturated carbocycles. The van der Waals surface area contributed by atoms with Gasteiger partial charge in [-0.15, -0.1) is 0 Å². The molecule has 0 fully saturated rings. The first kappa shape index (κ1) is 18.9. The van der Waals surface area contributed by atoms with Gasteiger partial charge >= 0.3 is 0 Å². The topological polar surface area (TPSA) is 59.8 Å². The second-order valence-corrected chi connectivity index (χ2v) is 6.98. The molecule has 1 N–H and O–H groups in total. The fourth-order valence-corrected chi connectivity index (χ4v) is 3.49. The number of carbonyl (C=O) groups excluding carboxylic acids is 1. The van der Waals surface area contributed by atoms with Gasteiger partial charge in [-0.05, 0) is 42.7 Å². The maximum Gasteiger partial charge on any atom is 0.269 e. The molecule has 4 rings (SSSR count). The second kappa shape index (κ2) is 9.15. The summed E-state index contributed by atoms with van der Waals surface area (Å²) >= 11 is 0. The number of para-hydroxylation sites is 2.